The second-order valence-electron chi connectivity index (χ2n) is 1.81. The highest BCUT2D eigenvalue weighted by Crippen LogP contribution is 2.00. The maximum absolute atomic E-state index is 10.2. The molecule has 0 spiro atoms. The Bertz CT molecular complexity index is 211. The summed E-state index contributed by atoms with van der Waals surface area (Å²) >= 11 is 0. The van der Waals surface area contributed by atoms with Crippen LogP contribution in [0.2, 0.25) is 0 Å². The van der Waals surface area contributed by atoms with Gasteiger partial charge >= 0.3 is 0 Å². The number of hydrogen-bond acceptors (Lipinski definition) is 3. The zero-order chi connectivity index (χ0) is 8.20. The first-order valence-corrected chi connectivity index (χ1v) is 5.10. The molecule has 0 bridgehead atoms. The summed E-state index contributed by atoms with van der Waals surface area (Å²) in [5.74, 6) is -0.711. The Kier molecular flexibility index (Phi) is 3.67. The van der Waals surface area contributed by atoms with Gasteiger partial charge in [-0.3, -0.25) is 4.79 Å². The van der Waals surface area contributed by atoms with Gasteiger partial charge in [-0.1, -0.05) is 0 Å². The van der Waals surface area contributed by atoms with Gasteiger partial charge < -0.3 is 5.73 Å². The monoisotopic (exact) mass is 185 g/mol. The van der Waals surface area contributed by atoms with E-state index in [-0.39, 0.29) is 18.6 Å². The third-order valence-corrected chi connectivity index (χ3v) is 2.05. The number of hydrogen-bond donors (Lipinski definition) is 1. The van der Waals surface area contributed by atoms with Gasteiger partial charge in [0.05, 0.1) is 5.75 Å². The van der Waals surface area contributed by atoms with Gasteiger partial charge in [0.15, 0.2) is 0 Å². The predicted molar refractivity (Wildman–Crippen MR) is 38.1 cm³/mol. The Labute approximate surface area is 63.8 Å². The van der Waals surface area contributed by atoms with Crippen LogP contribution in [0.4, 0.5) is 0 Å². The average Bonchev–Trinajstić information content (AvgIpc) is 1.59. The summed E-state index contributed by atoms with van der Waals surface area (Å²) in [5.41, 5.74) is 4.74. The third-order valence-electron chi connectivity index (χ3n) is 0.811. The number of rotatable bonds is 4. The standard InChI is InChI=1S/C4H8ClNO3S/c5-10(8,9)3-1-2-4(6)7/h1-3H2,(H2,6,7). The van der Waals surface area contributed by atoms with E-state index < -0.39 is 15.0 Å². The molecule has 0 aromatic carbocycles. The molecule has 0 aliphatic carbocycles. The molecule has 0 fully saturated rings. The van der Waals surface area contributed by atoms with Gasteiger partial charge in [-0.05, 0) is 6.42 Å². The van der Waals surface area contributed by atoms with Gasteiger partial charge in [0.2, 0.25) is 15.0 Å². The Morgan fingerprint density at radius 2 is 2.00 bits per heavy atom. The van der Waals surface area contributed by atoms with E-state index in [0.717, 1.165) is 0 Å². The molecule has 2 N–H and O–H groups in total. The molecule has 10 heavy (non-hydrogen) atoms. The van der Waals surface area contributed by atoms with Crippen molar-refractivity contribution < 1.29 is 13.2 Å². The van der Waals surface area contributed by atoms with E-state index >= 15 is 0 Å². The fraction of sp³-hybridized carbons (Fsp3) is 0.750. The van der Waals surface area contributed by atoms with E-state index in [9.17, 15) is 13.2 Å². The minimum atomic E-state index is -3.46. The smallest absolute Gasteiger partial charge is 0.232 e. The number of carbonyl (C=O) groups is 1. The van der Waals surface area contributed by atoms with Crippen molar-refractivity contribution >= 4 is 25.6 Å². The molecule has 4 nitrogen and oxygen atoms in total. The summed E-state index contributed by atoms with van der Waals surface area (Å²) in [6, 6.07) is 0. The molecule has 0 aromatic rings. The molecular formula is C4H8ClNO3S. The van der Waals surface area contributed by atoms with E-state index in [4.69, 9.17) is 16.4 Å². The minimum absolute atomic E-state index is 0.0615. The van der Waals surface area contributed by atoms with Crippen LogP contribution in [0.25, 0.3) is 0 Å². The maximum Gasteiger partial charge on any atom is 0.232 e. The van der Waals surface area contributed by atoms with Crippen molar-refractivity contribution in [3.8, 4) is 0 Å². The van der Waals surface area contributed by atoms with Gasteiger partial charge in [0.1, 0.15) is 0 Å². The van der Waals surface area contributed by atoms with Crippen molar-refractivity contribution in [2.45, 2.75) is 12.8 Å². The lowest BCUT2D eigenvalue weighted by Gasteiger charge is -1.91. The number of primary amides is 1. The molecule has 6 heteroatoms. The summed E-state index contributed by atoms with van der Waals surface area (Å²) in [6.45, 7) is 0. The van der Waals surface area contributed by atoms with Crippen LogP contribution in [0.15, 0.2) is 0 Å². The van der Waals surface area contributed by atoms with Gasteiger partial charge in [-0.25, -0.2) is 8.42 Å². The van der Waals surface area contributed by atoms with E-state index in [1.807, 2.05) is 0 Å². The quantitative estimate of drug-likeness (QED) is 0.618. The Morgan fingerprint density at radius 1 is 1.50 bits per heavy atom. The van der Waals surface area contributed by atoms with Crippen LogP contribution in [0.3, 0.4) is 0 Å². The van der Waals surface area contributed by atoms with Crippen molar-refractivity contribution in [2.24, 2.45) is 5.73 Å². The van der Waals surface area contributed by atoms with E-state index in [2.05, 4.69) is 0 Å². The third kappa shape index (κ3) is 7.71. The zero-order valence-corrected chi connectivity index (χ0v) is 6.78. The summed E-state index contributed by atoms with van der Waals surface area (Å²) in [4.78, 5) is 10.1. The fourth-order valence-electron chi connectivity index (χ4n) is 0.419. The van der Waals surface area contributed by atoms with Gasteiger partial charge in [-0.2, -0.15) is 0 Å². The molecule has 0 saturated heterocycles. The zero-order valence-electron chi connectivity index (χ0n) is 5.21. The second-order valence-corrected chi connectivity index (χ2v) is 4.71. The van der Waals surface area contributed by atoms with Crippen LogP contribution in [0.1, 0.15) is 12.8 Å². The number of nitrogens with two attached hydrogens (primary N) is 1. The van der Waals surface area contributed by atoms with E-state index in [1.165, 1.54) is 0 Å². The highest BCUT2D eigenvalue weighted by molar-refractivity contribution is 8.13. The van der Waals surface area contributed by atoms with Crippen molar-refractivity contribution in [3.05, 3.63) is 0 Å². The molecule has 0 radical (unpaired) electrons. The van der Waals surface area contributed by atoms with Crippen LogP contribution in [-0.2, 0) is 13.8 Å². The first-order valence-electron chi connectivity index (χ1n) is 2.62. The van der Waals surface area contributed by atoms with Crippen LogP contribution in [0.5, 0.6) is 0 Å². The van der Waals surface area contributed by atoms with Crippen molar-refractivity contribution in [1.29, 1.82) is 0 Å². The summed E-state index contributed by atoms with van der Waals surface area (Å²) in [6.07, 6.45) is 0.257. The molecule has 0 aliphatic heterocycles. The maximum atomic E-state index is 10.2. The lowest BCUT2D eigenvalue weighted by molar-refractivity contribution is -0.118. The molecule has 0 saturated carbocycles. The van der Waals surface area contributed by atoms with E-state index in [1.54, 1.807) is 0 Å². The number of amides is 1. The SMILES string of the molecule is NC(=O)CCCS(=O)(=O)Cl. The largest absolute Gasteiger partial charge is 0.370 e. The number of halogens is 1. The van der Waals surface area contributed by atoms with Gasteiger partial charge in [0, 0.05) is 17.1 Å². The molecule has 0 aromatic heterocycles. The molecule has 0 aliphatic rings. The summed E-state index contributed by atoms with van der Waals surface area (Å²) in [5, 5.41) is 0. The Hall–Kier alpha value is -0.290. The fourth-order valence-corrected chi connectivity index (χ4v) is 1.24. The van der Waals surface area contributed by atoms with Crippen LogP contribution < -0.4 is 5.73 Å². The highest BCUT2D eigenvalue weighted by atomic mass is 35.7. The Morgan fingerprint density at radius 3 is 2.30 bits per heavy atom. The van der Waals surface area contributed by atoms with Crippen molar-refractivity contribution in [2.75, 3.05) is 5.75 Å². The van der Waals surface area contributed by atoms with Crippen molar-refractivity contribution in [3.63, 3.8) is 0 Å². The molecular weight excluding hydrogens is 178 g/mol. The first kappa shape index (κ1) is 9.71. The lowest BCUT2D eigenvalue weighted by Crippen LogP contribution is -2.11. The summed E-state index contributed by atoms with van der Waals surface area (Å²) < 4.78 is 20.5. The number of carbonyl (C=O) groups excluding carboxylic acids is 1. The molecule has 0 atom stereocenters. The minimum Gasteiger partial charge on any atom is -0.370 e. The molecule has 1 amide bonds. The molecule has 60 valence electrons. The van der Waals surface area contributed by atoms with Crippen molar-refractivity contribution in [1.82, 2.24) is 0 Å². The van der Waals surface area contributed by atoms with Gasteiger partial charge in [0.25, 0.3) is 0 Å². The van der Waals surface area contributed by atoms with Crippen LogP contribution >= 0.6 is 10.7 Å². The van der Waals surface area contributed by atoms with Crippen LogP contribution in [0, 0.1) is 0 Å². The molecule has 0 heterocycles. The molecule has 0 rings (SSSR count). The average molecular weight is 186 g/mol. The summed E-state index contributed by atoms with van der Waals surface area (Å²) in [7, 11) is 1.38. The van der Waals surface area contributed by atoms with Crippen LogP contribution in [-0.4, -0.2) is 20.1 Å². The Balaban J connectivity index is 3.49. The lowest BCUT2D eigenvalue weighted by atomic mass is 10.3. The van der Waals surface area contributed by atoms with E-state index in [0.29, 0.717) is 0 Å². The normalized spacial score (nSPS) is 11.3. The second kappa shape index (κ2) is 3.78. The first-order chi connectivity index (χ1) is 4.42. The predicted octanol–water partition coefficient (Wildman–Crippen LogP) is -0.180. The van der Waals surface area contributed by atoms with Gasteiger partial charge in [-0.15, -0.1) is 0 Å². The topological polar surface area (TPSA) is 77.2 Å². The molecule has 0 unspecified atom stereocenters. The highest BCUT2D eigenvalue weighted by Gasteiger charge is 2.04.